The largest absolute Gasteiger partial charge is 0.237 e. The van der Waals surface area contributed by atoms with Gasteiger partial charge in [-0.15, -0.1) is 0 Å². The molecule has 3 heteroatoms. The summed E-state index contributed by atoms with van der Waals surface area (Å²) in [7, 11) is 0. The van der Waals surface area contributed by atoms with Crippen molar-refractivity contribution >= 4 is 0 Å². The van der Waals surface area contributed by atoms with Crippen molar-refractivity contribution in [3.63, 3.8) is 0 Å². The van der Waals surface area contributed by atoms with Gasteiger partial charge in [-0.1, -0.05) is 62.3 Å². The van der Waals surface area contributed by atoms with E-state index in [1.54, 1.807) is 20.8 Å². The second-order valence-corrected chi connectivity index (χ2v) is 10.3. The van der Waals surface area contributed by atoms with Crippen LogP contribution in [0.1, 0.15) is 62.3 Å². The highest BCUT2D eigenvalue weighted by atomic mass is 19.2. The minimum atomic E-state index is -2.13. The number of alkyl halides is 2. The zero-order valence-corrected chi connectivity index (χ0v) is 14.6. The normalized spacial score (nSPS) is 48.6. The van der Waals surface area contributed by atoms with Crippen LogP contribution in [-0.2, 0) is 0 Å². The summed E-state index contributed by atoms with van der Waals surface area (Å²) in [5, 5.41) is 0. The lowest BCUT2D eigenvalue weighted by Gasteiger charge is -2.36. The first kappa shape index (κ1) is 15.4. The fourth-order valence-corrected chi connectivity index (χ4v) is 6.53. The van der Waals surface area contributed by atoms with E-state index < -0.39 is 44.2 Å². The molecule has 0 heterocycles. The number of halogens is 3. The Morgan fingerprint density at radius 2 is 1.00 bits per heavy atom. The molecule has 4 rings (SSSR count). The molecule has 2 atom stereocenters. The minimum Gasteiger partial charge on any atom is -0.237 e. The molecular formula is C18H27F3. The molecule has 0 radical (unpaired) electrons. The predicted octanol–water partition coefficient (Wildman–Crippen LogP) is 5.78. The summed E-state index contributed by atoms with van der Waals surface area (Å²) in [5.41, 5.74) is -8.37. The van der Waals surface area contributed by atoms with Gasteiger partial charge in [-0.2, -0.15) is 0 Å². The Balaban J connectivity index is 2.33. The fourth-order valence-electron chi connectivity index (χ4n) is 6.53. The van der Waals surface area contributed by atoms with Gasteiger partial charge in [0.25, 0.3) is 0 Å². The highest BCUT2D eigenvalue weighted by molar-refractivity contribution is 5.80. The molecule has 0 amide bonds. The monoisotopic (exact) mass is 300 g/mol. The molecule has 0 nitrogen and oxygen atoms in total. The van der Waals surface area contributed by atoms with Crippen LogP contribution < -0.4 is 0 Å². The van der Waals surface area contributed by atoms with Crippen molar-refractivity contribution in [2.45, 2.75) is 73.7 Å². The first-order valence-corrected chi connectivity index (χ1v) is 7.82. The van der Waals surface area contributed by atoms with E-state index in [-0.39, 0.29) is 5.57 Å². The molecule has 0 aliphatic heterocycles. The van der Waals surface area contributed by atoms with Gasteiger partial charge >= 0.3 is 0 Å². The van der Waals surface area contributed by atoms with Crippen molar-refractivity contribution in [2.24, 2.45) is 27.1 Å². The topological polar surface area (TPSA) is 0 Å². The Hall–Kier alpha value is -0.470. The highest BCUT2D eigenvalue weighted by Crippen LogP contribution is 3.13. The standard InChI is InChI=1S/C18H27F3/c1-12(2,3)10-11(19)16(21)17(13(4,5)6)15(10,20)18(16,17)14(7,8)9/h1-9H3. The third-order valence-corrected chi connectivity index (χ3v) is 6.37. The molecule has 0 aromatic heterocycles. The maximum absolute atomic E-state index is 16.1. The summed E-state index contributed by atoms with van der Waals surface area (Å²) < 4.78 is 46.9. The lowest BCUT2D eigenvalue weighted by Crippen LogP contribution is -2.44. The van der Waals surface area contributed by atoms with Crippen molar-refractivity contribution in [1.82, 2.24) is 0 Å². The van der Waals surface area contributed by atoms with Crippen LogP contribution in [0.15, 0.2) is 11.4 Å². The number of hydrogen-bond donors (Lipinski definition) is 0. The van der Waals surface area contributed by atoms with E-state index >= 15 is 8.78 Å². The van der Waals surface area contributed by atoms with Crippen LogP contribution in [0.5, 0.6) is 0 Å². The van der Waals surface area contributed by atoms with E-state index in [0.717, 1.165) is 0 Å². The zero-order valence-electron chi connectivity index (χ0n) is 14.6. The molecule has 0 saturated heterocycles. The van der Waals surface area contributed by atoms with E-state index in [1.807, 2.05) is 41.5 Å². The van der Waals surface area contributed by atoms with Gasteiger partial charge in [-0.25, -0.2) is 13.2 Å². The van der Waals surface area contributed by atoms with Gasteiger partial charge in [0.1, 0.15) is 5.83 Å². The molecule has 2 saturated carbocycles. The van der Waals surface area contributed by atoms with E-state index in [4.69, 9.17) is 0 Å². The molecule has 2 fully saturated rings. The number of allylic oxidation sites excluding steroid dienone is 2. The van der Waals surface area contributed by atoms with Crippen LogP contribution in [0, 0.1) is 27.1 Å². The summed E-state index contributed by atoms with van der Waals surface area (Å²) in [6.45, 7) is 16.4. The van der Waals surface area contributed by atoms with E-state index in [1.165, 1.54) is 0 Å². The van der Waals surface area contributed by atoms with Crippen LogP contribution in [0.3, 0.4) is 0 Å². The number of rotatable bonds is 0. The Morgan fingerprint density at radius 3 is 1.14 bits per heavy atom. The van der Waals surface area contributed by atoms with Crippen molar-refractivity contribution in [2.75, 3.05) is 0 Å². The molecule has 120 valence electrons. The summed E-state index contributed by atoms with van der Waals surface area (Å²) >= 11 is 0. The SMILES string of the molecule is CC(C)(C)C1=C(F)C2(F)C3(C(C)(C)C)C1(F)C23C(C)(C)C. The molecule has 2 bridgehead atoms. The van der Waals surface area contributed by atoms with E-state index in [2.05, 4.69) is 0 Å². The third-order valence-electron chi connectivity index (χ3n) is 6.37. The molecule has 0 aromatic carbocycles. The summed E-state index contributed by atoms with van der Waals surface area (Å²) in [4.78, 5) is 0. The maximum atomic E-state index is 16.1. The smallest absolute Gasteiger partial charge is 0.182 e. The Morgan fingerprint density at radius 1 is 0.667 bits per heavy atom. The van der Waals surface area contributed by atoms with Crippen LogP contribution in [0.25, 0.3) is 0 Å². The second-order valence-electron chi connectivity index (χ2n) is 10.3. The minimum absolute atomic E-state index is 0.0716. The Labute approximate surface area is 126 Å². The van der Waals surface area contributed by atoms with E-state index in [9.17, 15) is 4.39 Å². The summed E-state index contributed by atoms with van der Waals surface area (Å²) in [6.07, 6.45) is 0. The molecule has 0 aromatic rings. The lowest BCUT2D eigenvalue weighted by atomic mass is 9.71. The average molecular weight is 300 g/mol. The lowest BCUT2D eigenvalue weighted by molar-refractivity contribution is 0.00372. The van der Waals surface area contributed by atoms with E-state index in [0.29, 0.717) is 0 Å². The summed E-state index contributed by atoms with van der Waals surface area (Å²) in [5.74, 6) is -0.817. The molecule has 21 heavy (non-hydrogen) atoms. The maximum Gasteiger partial charge on any atom is 0.182 e. The Bertz CT molecular complexity index is 551. The van der Waals surface area contributed by atoms with Crippen LogP contribution >= 0.6 is 0 Å². The van der Waals surface area contributed by atoms with Crippen LogP contribution in [-0.4, -0.2) is 11.3 Å². The third kappa shape index (κ3) is 0.925. The quantitative estimate of drug-likeness (QED) is 0.532. The van der Waals surface area contributed by atoms with Gasteiger partial charge in [0.2, 0.25) is 0 Å². The van der Waals surface area contributed by atoms with Crippen LogP contribution in [0.4, 0.5) is 13.2 Å². The zero-order chi connectivity index (χ0) is 16.7. The molecule has 4 aliphatic carbocycles. The van der Waals surface area contributed by atoms with Gasteiger partial charge in [-0.3, -0.25) is 0 Å². The fraction of sp³-hybridized carbons (Fsp3) is 0.889. The van der Waals surface area contributed by atoms with Gasteiger partial charge in [0.05, 0.1) is 10.8 Å². The predicted molar refractivity (Wildman–Crippen MR) is 79.0 cm³/mol. The van der Waals surface area contributed by atoms with Gasteiger partial charge in [-0.05, 0) is 16.2 Å². The molecule has 0 N–H and O–H groups in total. The number of hydrogen-bond acceptors (Lipinski definition) is 0. The molecular weight excluding hydrogens is 273 g/mol. The Kier molecular flexibility index (Phi) is 2.18. The second kappa shape index (κ2) is 2.97. The first-order chi connectivity index (χ1) is 9.03. The molecule has 4 aliphatic rings. The average Bonchev–Trinajstić information content (AvgIpc) is 2.88. The van der Waals surface area contributed by atoms with Crippen molar-refractivity contribution in [3.05, 3.63) is 11.4 Å². The van der Waals surface area contributed by atoms with Gasteiger partial charge < -0.3 is 0 Å². The highest BCUT2D eigenvalue weighted by Gasteiger charge is 3.24. The van der Waals surface area contributed by atoms with Crippen molar-refractivity contribution in [1.29, 1.82) is 0 Å². The molecule has 2 unspecified atom stereocenters. The van der Waals surface area contributed by atoms with Crippen LogP contribution in [0.2, 0.25) is 0 Å². The van der Waals surface area contributed by atoms with Gasteiger partial charge in [0, 0.05) is 5.57 Å². The van der Waals surface area contributed by atoms with Gasteiger partial charge in [0.15, 0.2) is 11.3 Å². The van der Waals surface area contributed by atoms with Crippen molar-refractivity contribution in [3.8, 4) is 0 Å². The molecule has 0 spiro atoms. The summed E-state index contributed by atoms with van der Waals surface area (Å²) in [6, 6.07) is 0. The van der Waals surface area contributed by atoms with Crippen molar-refractivity contribution < 1.29 is 13.2 Å². The first-order valence-electron chi connectivity index (χ1n) is 7.82.